The Hall–Kier alpha value is -1.63. The highest BCUT2D eigenvalue weighted by molar-refractivity contribution is 5.87. The van der Waals surface area contributed by atoms with Gasteiger partial charge in [-0.1, -0.05) is 0 Å². The molecule has 0 saturated heterocycles. The molecule has 0 aliphatic carbocycles. The summed E-state index contributed by atoms with van der Waals surface area (Å²) in [5.41, 5.74) is 9.76. The van der Waals surface area contributed by atoms with Crippen molar-refractivity contribution >= 4 is 17.7 Å². The molecule has 14 heavy (non-hydrogen) atoms. The maximum Gasteiger partial charge on any atom is 0.250 e. The number of rotatable bonds is 6. The van der Waals surface area contributed by atoms with Crippen molar-refractivity contribution < 1.29 is 19.5 Å². The van der Waals surface area contributed by atoms with Crippen LogP contribution in [-0.2, 0) is 19.5 Å². The number of carbonyl (C=O) groups is 3. The third-order valence-electron chi connectivity index (χ3n) is 1.49. The first-order chi connectivity index (χ1) is 6.47. The SMILES string of the molecule is NC(=O)CCC(NC(=O)C[O])C(N)=O. The Morgan fingerprint density at radius 1 is 1.21 bits per heavy atom. The van der Waals surface area contributed by atoms with Crippen LogP contribution in [-0.4, -0.2) is 30.4 Å². The summed E-state index contributed by atoms with van der Waals surface area (Å²) in [5, 5.41) is 12.2. The van der Waals surface area contributed by atoms with E-state index in [2.05, 4.69) is 5.32 Å². The molecule has 0 heterocycles. The molecule has 0 fully saturated rings. The normalized spacial score (nSPS) is 11.8. The lowest BCUT2D eigenvalue weighted by atomic mass is 10.1. The molecule has 0 aromatic carbocycles. The summed E-state index contributed by atoms with van der Waals surface area (Å²) in [7, 11) is 0. The molecular formula is C7H12N3O4. The average molecular weight is 202 g/mol. The number of primary amides is 2. The Morgan fingerprint density at radius 3 is 2.14 bits per heavy atom. The van der Waals surface area contributed by atoms with Crippen molar-refractivity contribution in [2.24, 2.45) is 11.5 Å². The van der Waals surface area contributed by atoms with Gasteiger partial charge < -0.3 is 16.8 Å². The minimum Gasteiger partial charge on any atom is -0.370 e. The Balaban J connectivity index is 4.09. The number of hydrogen-bond acceptors (Lipinski definition) is 3. The molecule has 0 bridgehead atoms. The largest absolute Gasteiger partial charge is 0.370 e. The molecule has 7 heteroatoms. The lowest BCUT2D eigenvalue weighted by Crippen LogP contribution is -2.45. The van der Waals surface area contributed by atoms with Gasteiger partial charge in [-0.2, -0.15) is 0 Å². The lowest BCUT2D eigenvalue weighted by molar-refractivity contribution is -0.130. The Bertz CT molecular complexity index is 241. The predicted molar refractivity (Wildman–Crippen MR) is 45.1 cm³/mol. The topological polar surface area (TPSA) is 135 Å². The Labute approximate surface area is 80.4 Å². The minimum absolute atomic E-state index is 0.0103. The molecule has 1 atom stereocenters. The molecule has 0 saturated carbocycles. The summed E-state index contributed by atoms with van der Waals surface area (Å²) < 4.78 is 0. The van der Waals surface area contributed by atoms with E-state index < -0.39 is 30.4 Å². The summed E-state index contributed by atoms with van der Waals surface area (Å²) >= 11 is 0. The van der Waals surface area contributed by atoms with Gasteiger partial charge in [-0.3, -0.25) is 14.4 Å². The number of amides is 3. The van der Waals surface area contributed by atoms with Crippen molar-refractivity contribution in [2.45, 2.75) is 18.9 Å². The van der Waals surface area contributed by atoms with E-state index in [4.69, 9.17) is 11.5 Å². The maximum absolute atomic E-state index is 10.7. The molecule has 0 aliphatic rings. The molecule has 0 aromatic rings. The lowest BCUT2D eigenvalue weighted by Gasteiger charge is -2.12. The second-order valence-electron chi connectivity index (χ2n) is 2.67. The minimum atomic E-state index is -1.01. The van der Waals surface area contributed by atoms with Crippen molar-refractivity contribution in [1.82, 2.24) is 5.32 Å². The molecule has 5 N–H and O–H groups in total. The molecule has 7 nitrogen and oxygen atoms in total. The van der Waals surface area contributed by atoms with E-state index in [0.29, 0.717) is 0 Å². The molecular weight excluding hydrogens is 190 g/mol. The van der Waals surface area contributed by atoms with Gasteiger partial charge in [0.2, 0.25) is 17.7 Å². The molecule has 1 radical (unpaired) electrons. The molecule has 1 unspecified atom stereocenters. The van der Waals surface area contributed by atoms with E-state index in [1.165, 1.54) is 0 Å². The van der Waals surface area contributed by atoms with Gasteiger partial charge in [0.05, 0.1) is 0 Å². The standard InChI is InChI=1S/C7H12N3O4/c8-5(12)2-1-4(7(9)14)10-6(13)3-11/h4H,1-3H2,(H2,8,12)(H2,9,14)(H,10,13). The van der Waals surface area contributed by atoms with Crippen LogP contribution in [0.2, 0.25) is 0 Å². The molecule has 0 aliphatic heterocycles. The van der Waals surface area contributed by atoms with Crippen LogP contribution >= 0.6 is 0 Å². The van der Waals surface area contributed by atoms with Crippen molar-refractivity contribution in [2.75, 3.05) is 6.61 Å². The van der Waals surface area contributed by atoms with Crippen LogP contribution in [0.1, 0.15) is 12.8 Å². The van der Waals surface area contributed by atoms with E-state index in [1.54, 1.807) is 0 Å². The fourth-order valence-electron chi connectivity index (χ4n) is 0.808. The van der Waals surface area contributed by atoms with Gasteiger partial charge >= 0.3 is 0 Å². The van der Waals surface area contributed by atoms with Crippen LogP contribution < -0.4 is 16.8 Å². The van der Waals surface area contributed by atoms with E-state index in [-0.39, 0.29) is 12.8 Å². The fourth-order valence-corrected chi connectivity index (χ4v) is 0.808. The number of carbonyl (C=O) groups excluding carboxylic acids is 3. The molecule has 0 rings (SSSR count). The first kappa shape index (κ1) is 12.4. The Kier molecular flexibility index (Phi) is 5.23. The van der Waals surface area contributed by atoms with Crippen LogP contribution in [0, 0.1) is 0 Å². The number of hydrogen-bond donors (Lipinski definition) is 3. The first-order valence-electron chi connectivity index (χ1n) is 3.92. The zero-order chi connectivity index (χ0) is 11.1. The Morgan fingerprint density at radius 2 is 1.79 bits per heavy atom. The van der Waals surface area contributed by atoms with Crippen molar-refractivity contribution in [1.29, 1.82) is 0 Å². The zero-order valence-corrected chi connectivity index (χ0v) is 7.49. The summed E-state index contributed by atoms with van der Waals surface area (Å²) in [4.78, 5) is 31.7. The summed E-state index contributed by atoms with van der Waals surface area (Å²) in [6, 6.07) is -1.01. The van der Waals surface area contributed by atoms with Gasteiger partial charge in [0, 0.05) is 6.42 Å². The number of nitrogens with two attached hydrogens (primary N) is 2. The second kappa shape index (κ2) is 5.92. The van der Waals surface area contributed by atoms with Crippen molar-refractivity contribution in [3.8, 4) is 0 Å². The van der Waals surface area contributed by atoms with Crippen molar-refractivity contribution in [3.63, 3.8) is 0 Å². The third kappa shape index (κ3) is 5.09. The smallest absolute Gasteiger partial charge is 0.250 e. The van der Waals surface area contributed by atoms with Gasteiger partial charge in [-0.25, -0.2) is 5.11 Å². The quantitative estimate of drug-likeness (QED) is 0.445. The van der Waals surface area contributed by atoms with Crippen LogP contribution in [0.4, 0.5) is 0 Å². The van der Waals surface area contributed by atoms with Crippen LogP contribution in [0.5, 0.6) is 0 Å². The van der Waals surface area contributed by atoms with E-state index in [0.717, 1.165) is 0 Å². The summed E-state index contributed by atoms with van der Waals surface area (Å²) in [6.45, 7) is -0.986. The monoisotopic (exact) mass is 202 g/mol. The maximum atomic E-state index is 10.7. The second-order valence-corrected chi connectivity index (χ2v) is 2.67. The molecule has 0 spiro atoms. The third-order valence-corrected chi connectivity index (χ3v) is 1.49. The van der Waals surface area contributed by atoms with E-state index in [9.17, 15) is 19.5 Å². The number of nitrogens with one attached hydrogen (secondary N) is 1. The highest BCUT2D eigenvalue weighted by atomic mass is 16.3. The van der Waals surface area contributed by atoms with E-state index in [1.807, 2.05) is 0 Å². The van der Waals surface area contributed by atoms with Crippen LogP contribution in [0.25, 0.3) is 0 Å². The molecule has 0 aromatic heterocycles. The first-order valence-corrected chi connectivity index (χ1v) is 3.92. The average Bonchev–Trinajstić information content (AvgIpc) is 2.10. The van der Waals surface area contributed by atoms with Crippen LogP contribution in [0.3, 0.4) is 0 Å². The molecule has 79 valence electrons. The summed E-state index contributed by atoms with van der Waals surface area (Å²) in [5.74, 6) is -2.24. The van der Waals surface area contributed by atoms with Gasteiger partial charge in [-0.15, -0.1) is 0 Å². The van der Waals surface area contributed by atoms with Gasteiger partial charge in [0.15, 0.2) is 6.61 Å². The van der Waals surface area contributed by atoms with Gasteiger partial charge in [0.25, 0.3) is 0 Å². The predicted octanol–water partition coefficient (Wildman–Crippen LogP) is -2.35. The highest BCUT2D eigenvalue weighted by Gasteiger charge is 2.18. The molecule has 3 amide bonds. The van der Waals surface area contributed by atoms with E-state index >= 15 is 0 Å². The van der Waals surface area contributed by atoms with Crippen LogP contribution in [0.15, 0.2) is 0 Å². The highest BCUT2D eigenvalue weighted by Crippen LogP contribution is 1.95. The van der Waals surface area contributed by atoms with Gasteiger partial charge in [0.1, 0.15) is 6.04 Å². The van der Waals surface area contributed by atoms with Crippen molar-refractivity contribution in [3.05, 3.63) is 0 Å². The summed E-state index contributed by atoms with van der Waals surface area (Å²) in [6.07, 6.45) is -0.0663. The van der Waals surface area contributed by atoms with Gasteiger partial charge in [-0.05, 0) is 6.42 Å². The zero-order valence-electron chi connectivity index (χ0n) is 7.49. The fraction of sp³-hybridized carbons (Fsp3) is 0.571.